The third-order valence-electron chi connectivity index (χ3n) is 4.37. The molecule has 0 bridgehead atoms. The van der Waals surface area contributed by atoms with E-state index in [0.717, 1.165) is 19.4 Å². The van der Waals surface area contributed by atoms with Crippen LogP contribution in [0.5, 0.6) is 0 Å². The summed E-state index contributed by atoms with van der Waals surface area (Å²) in [6, 6.07) is 0.171. The zero-order chi connectivity index (χ0) is 19.1. The Morgan fingerprint density at radius 2 is 1.81 bits per heavy atom. The number of nitrogens with one attached hydrogen (secondary N) is 3. The van der Waals surface area contributed by atoms with Crippen molar-refractivity contribution in [3.05, 3.63) is 0 Å². The number of guanidine groups is 1. The van der Waals surface area contributed by atoms with Gasteiger partial charge in [0.2, 0.25) is 15.9 Å². The Hall–Kier alpha value is -0.620. The van der Waals surface area contributed by atoms with Gasteiger partial charge in [0, 0.05) is 32.7 Å². The maximum absolute atomic E-state index is 11.9. The van der Waals surface area contributed by atoms with Crippen molar-refractivity contribution in [3.8, 4) is 0 Å². The average molecular weight is 503 g/mol. The van der Waals surface area contributed by atoms with Gasteiger partial charge in [-0.05, 0) is 40.5 Å². The molecule has 3 N–H and O–H groups in total. The van der Waals surface area contributed by atoms with Gasteiger partial charge < -0.3 is 16.0 Å². The Labute approximate surface area is 175 Å². The molecule has 1 rings (SSSR count). The molecule has 0 aromatic carbocycles. The Kier molecular flexibility index (Phi) is 11.0. The molecule has 10 heteroatoms. The zero-order valence-corrected chi connectivity index (χ0v) is 19.6. The van der Waals surface area contributed by atoms with E-state index in [4.69, 9.17) is 0 Å². The number of carbonyl (C=O) groups is 1. The first-order valence-corrected chi connectivity index (χ1v) is 10.5. The first-order chi connectivity index (χ1) is 11.7. The Bertz CT molecular complexity index is 572. The van der Waals surface area contributed by atoms with Gasteiger partial charge in [0.15, 0.2) is 5.96 Å². The van der Waals surface area contributed by atoms with Gasteiger partial charge in [-0.15, -0.1) is 24.0 Å². The van der Waals surface area contributed by atoms with Crippen molar-refractivity contribution in [1.29, 1.82) is 0 Å². The molecule has 1 amide bonds. The van der Waals surface area contributed by atoms with Crippen LogP contribution in [0, 0.1) is 5.41 Å². The number of rotatable bonds is 7. The number of hydrogen-bond donors (Lipinski definition) is 3. The minimum atomic E-state index is -3.11. The fraction of sp³-hybridized carbons (Fsp3) is 0.875. The predicted octanol–water partition coefficient (Wildman–Crippen LogP) is 0.746. The molecule has 0 aromatic rings. The molecule has 1 fully saturated rings. The molecule has 0 unspecified atom stereocenters. The van der Waals surface area contributed by atoms with Crippen molar-refractivity contribution in [3.63, 3.8) is 0 Å². The highest BCUT2D eigenvalue weighted by Crippen LogP contribution is 2.16. The van der Waals surface area contributed by atoms with Gasteiger partial charge in [0.1, 0.15) is 0 Å². The summed E-state index contributed by atoms with van der Waals surface area (Å²) in [5.74, 6) is 0.755. The monoisotopic (exact) mass is 503 g/mol. The quantitative estimate of drug-likeness (QED) is 0.270. The van der Waals surface area contributed by atoms with Gasteiger partial charge in [-0.2, -0.15) is 0 Å². The van der Waals surface area contributed by atoms with Crippen LogP contribution in [0.3, 0.4) is 0 Å². The molecule has 1 heterocycles. The van der Waals surface area contributed by atoms with E-state index >= 15 is 0 Å². The molecular formula is C16H34IN5O3S. The Morgan fingerprint density at radius 1 is 1.23 bits per heavy atom. The smallest absolute Gasteiger partial charge is 0.227 e. The van der Waals surface area contributed by atoms with E-state index in [1.165, 1.54) is 0 Å². The normalized spacial score (nSPS) is 17.3. The topological polar surface area (TPSA) is 103 Å². The second-order valence-electron chi connectivity index (χ2n) is 6.88. The van der Waals surface area contributed by atoms with Crippen LogP contribution in [0.25, 0.3) is 0 Å². The fourth-order valence-electron chi connectivity index (χ4n) is 2.66. The third kappa shape index (κ3) is 7.55. The van der Waals surface area contributed by atoms with Crippen LogP contribution in [0.4, 0.5) is 0 Å². The summed E-state index contributed by atoms with van der Waals surface area (Å²) < 4.78 is 25.4. The van der Waals surface area contributed by atoms with Crippen LogP contribution >= 0.6 is 24.0 Å². The highest BCUT2D eigenvalue weighted by molar-refractivity contribution is 14.0. The second-order valence-corrected chi connectivity index (χ2v) is 9.13. The van der Waals surface area contributed by atoms with Crippen LogP contribution in [-0.4, -0.2) is 69.6 Å². The lowest BCUT2D eigenvalue weighted by Gasteiger charge is -2.32. The van der Waals surface area contributed by atoms with E-state index in [0.29, 0.717) is 25.6 Å². The molecular weight excluding hydrogens is 469 g/mol. The number of amides is 1. The Morgan fingerprint density at radius 3 is 2.27 bits per heavy atom. The molecule has 0 aromatic heterocycles. The van der Waals surface area contributed by atoms with Crippen molar-refractivity contribution in [2.24, 2.45) is 10.4 Å². The lowest BCUT2D eigenvalue weighted by molar-refractivity contribution is -0.128. The molecule has 0 saturated carbocycles. The summed E-state index contributed by atoms with van der Waals surface area (Å²) >= 11 is 0. The number of hydrogen-bond acceptors (Lipinski definition) is 4. The number of carbonyl (C=O) groups excluding carboxylic acids is 1. The second kappa shape index (κ2) is 11.3. The minimum Gasteiger partial charge on any atom is -0.359 e. The maximum Gasteiger partial charge on any atom is 0.227 e. The highest BCUT2D eigenvalue weighted by atomic mass is 127. The van der Waals surface area contributed by atoms with Crippen LogP contribution in [0.2, 0.25) is 0 Å². The van der Waals surface area contributed by atoms with E-state index in [9.17, 15) is 13.2 Å². The molecule has 1 saturated heterocycles. The molecule has 1 aliphatic rings. The molecule has 0 aliphatic carbocycles. The van der Waals surface area contributed by atoms with Crippen molar-refractivity contribution >= 4 is 45.9 Å². The largest absolute Gasteiger partial charge is 0.359 e. The van der Waals surface area contributed by atoms with Crippen LogP contribution < -0.4 is 16.0 Å². The van der Waals surface area contributed by atoms with E-state index in [2.05, 4.69) is 20.9 Å². The fourth-order valence-corrected chi connectivity index (χ4v) is 3.79. The molecule has 8 nitrogen and oxygen atoms in total. The minimum absolute atomic E-state index is 0. The molecule has 0 radical (unpaired) electrons. The number of piperidine rings is 1. The first-order valence-electron chi connectivity index (χ1n) is 8.91. The summed E-state index contributed by atoms with van der Waals surface area (Å²) in [4.78, 5) is 16.4. The van der Waals surface area contributed by atoms with Gasteiger partial charge in [-0.25, -0.2) is 12.7 Å². The number of sulfonamides is 1. The summed E-state index contributed by atoms with van der Waals surface area (Å²) in [7, 11) is -1.49. The SMILES string of the molecule is CCNC(=NCC(C)(C)C(=O)NC)NC1CCN(S(=O)(=O)CC)CC1.I. The van der Waals surface area contributed by atoms with Gasteiger partial charge in [0.05, 0.1) is 17.7 Å². The predicted molar refractivity (Wildman–Crippen MR) is 116 cm³/mol. The molecule has 154 valence electrons. The third-order valence-corrected chi connectivity index (χ3v) is 6.25. The van der Waals surface area contributed by atoms with Gasteiger partial charge in [-0.3, -0.25) is 9.79 Å². The maximum atomic E-state index is 11.9. The van der Waals surface area contributed by atoms with Crippen LogP contribution in [0.15, 0.2) is 4.99 Å². The van der Waals surface area contributed by atoms with Crippen LogP contribution in [0.1, 0.15) is 40.5 Å². The van der Waals surface area contributed by atoms with E-state index in [1.807, 2.05) is 20.8 Å². The van der Waals surface area contributed by atoms with Gasteiger partial charge in [-0.1, -0.05) is 0 Å². The van der Waals surface area contributed by atoms with E-state index in [1.54, 1.807) is 18.3 Å². The molecule has 0 atom stereocenters. The molecule has 26 heavy (non-hydrogen) atoms. The van der Waals surface area contributed by atoms with E-state index in [-0.39, 0.29) is 41.7 Å². The number of aliphatic imine (C=N–C) groups is 1. The average Bonchev–Trinajstić information content (AvgIpc) is 2.59. The lowest BCUT2D eigenvalue weighted by Crippen LogP contribution is -2.50. The summed E-state index contributed by atoms with van der Waals surface area (Å²) in [5, 5.41) is 9.20. The van der Waals surface area contributed by atoms with Crippen molar-refractivity contribution in [2.75, 3.05) is 39.0 Å². The summed E-state index contributed by atoms with van der Waals surface area (Å²) in [5.41, 5.74) is -0.588. The zero-order valence-electron chi connectivity index (χ0n) is 16.5. The summed E-state index contributed by atoms with van der Waals surface area (Å²) in [6.45, 7) is 9.50. The number of nitrogens with zero attached hydrogens (tertiary/aromatic N) is 2. The van der Waals surface area contributed by atoms with Crippen molar-refractivity contribution < 1.29 is 13.2 Å². The molecule has 1 aliphatic heterocycles. The lowest BCUT2D eigenvalue weighted by atomic mass is 9.93. The van der Waals surface area contributed by atoms with Gasteiger partial charge >= 0.3 is 0 Å². The first kappa shape index (κ1) is 25.4. The Balaban J connectivity index is 0.00000625. The van der Waals surface area contributed by atoms with Crippen molar-refractivity contribution in [2.45, 2.75) is 46.6 Å². The molecule has 0 spiro atoms. The van der Waals surface area contributed by atoms with Crippen molar-refractivity contribution in [1.82, 2.24) is 20.3 Å². The van der Waals surface area contributed by atoms with Gasteiger partial charge in [0.25, 0.3) is 0 Å². The number of halogens is 1. The highest BCUT2D eigenvalue weighted by Gasteiger charge is 2.28. The standard InChI is InChI=1S/C16H33N5O3S.HI/c1-6-18-15(19-12-16(3,4)14(22)17-5)20-13-8-10-21(11-9-13)25(23,24)7-2;/h13H,6-12H2,1-5H3,(H,17,22)(H2,18,19,20);1H. The van der Waals surface area contributed by atoms with Crippen LogP contribution in [-0.2, 0) is 14.8 Å². The summed E-state index contributed by atoms with van der Waals surface area (Å²) in [6.07, 6.45) is 1.48. The van der Waals surface area contributed by atoms with E-state index < -0.39 is 15.4 Å².